The van der Waals surface area contributed by atoms with Gasteiger partial charge in [-0.2, -0.15) is 0 Å². The normalized spacial score (nSPS) is 12.6. The third kappa shape index (κ3) is 4.12. The highest BCUT2D eigenvalue weighted by Gasteiger charge is 2.12. The van der Waals surface area contributed by atoms with Gasteiger partial charge in [-0.1, -0.05) is 56.3 Å². The average molecular weight is 285 g/mol. The van der Waals surface area contributed by atoms with Crippen LogP contribution in [0.5, 0.6) is 0 Å². The second kappa shape index (κ2) is 7.51. The molecule has 0 bridgehead atoms. The lowest BCUT2D eigenvalue weighted by Crippen LogP contribution is -2.14. The molecule has 0 amide bonds. The van der Waals surface area contributed by atoms with E-state index in [1.165, 1.54) is 16.0 Å². The summed E-state index contributed by atoms with van der Waals surface area (Å²) in [5.74, 6) is 0.594. The van der Waals surface area contributed by atoms with Gasteiger partial charge in [0.15, 0.2) is 0 Å². The number of hydrogen-bond acceptors (Lipinski definition) is 2. The van der Waals surface area contributed by atoms with Gasteiger partial charge in [0.2, 0.25) is 0 Å². The molecule has 2 aromatic carbocycles. The van der Waals surface area contributed by atoms with E-state index in [1.807, 2.05) is 18.8 Å². The number of nitrogens with one attached hydrogen (secondary N) is 1. The van der Waals surface area contributed by atoms with E-state index in [1.54, 1.807) is 0 Å². The molecule has 0 fully saturated rings. The van der Waals surface area contributed by atoms with Crippen molar-refractivity contribution in [3.8, 4) is 0 Å². The van der Waals surface area contributed by atoms with Crippen molar-refractivity contribution >= 4 is 11.8 Å². The SMILES string of the molecule is CNCC(Sc1ccc(C(C)C)cc1)c1ccccc1. The summed E-state index contributed by atoms with van der Waals surface area (Å²) in [7, 11) is 2.01. The fourth-order valence-corrected chi connectivity index (χ4v) is 3.34. The van der Waals surface area contributed by atoms with Crippen molar-refractivity contribution in [3.05, 3.63) is 65.7 Å². The monoisotopic (exact) mass is 285 g/mol. The molecule has 0 heterocycles. The molecule has 0 aliphatic heterocycles. The van der Waals surface area contributed by atoms with E-state index in [2.05, 4.69) is 73.8 Å². The van der Waals surface area contributed by atoms with Gasteiger partial charge < -0.3 is 5.32 Å². The molecule has 0 saturated heterocycles. The standard InChI is InChI=1S/C18H23NS/c1-14(2)15-9-11-17(12-10-15)20-18(13-19-3)16-7-5-4-6-8-16/h4-12,14,18-19H,13H2,1-3H3. The van der Waals surface area contributed by atoms with Crippen LogP contribution >= 0.6 is 11.8 Å². The van der Waals surface area contributed by atoms with Crippen LogP contribution < -0.4 is 5.32 Å². The lowest BCUT2D eigenvalue weighted by Gasteiger charge is -2.17. The summed E-state index contributed by atoms with van der Waals surface area (Å²) < 4.78 is 0. The molecule has 0 aromatic heterocycles. The topological polar surface area (TPSA) is 12.0 Å². The zero-order chi connectivity index (χ0) is 14.4. The molecule has 1 N–H and O–H groups in total. The van der Waals surface area contributed by atoms with Crippen molar-refractivity contribution in [2.24, 2.45) is 0 Å². The zero-order valence-corrected chi connectivity index (χ0v) is 13.3. The zero-order valence-electron chi connectivity index (χ0n) is 12.5. The number of thioether (sulfide) groups is 1. The Hall–Kier alpha value is -1.25. The maximum Gasteiger partial charge on any atom is 0.0468 e. The summed E-state index contributed by atoms with van der Waals surface area (Å²) in [5.41, 5.74) is 2.78. The summed E-state index contributed by atoms with van der Waals surface area (Å²) in [6.07, 6.45) is 0. The van der Waals surface area contributed by atoms with Crippen LogP contribution in [-0.4, -0.2) is 13.6 Å². The van der Waals surface area contributed by atoms with Crippen LogP contribution in [-0.2, 0) is 0 Å². The molecule has 0 radical (unpaired) electrons. The van der Waals surface area contributed by atoms with Crippen LogP contribution in [0.3, 0.4) is 0 Å². The number of hydrogen-bond donors (Lipinski definition) is 1. The maximum absolute atomic E-state index is 3.30. The molecule has 0 spiro atoms. The van der Waals surface area contributed by atoms with Crippen molar-refractivity contribution in [3.63, 3.8) is 0 Å². The summed E-state index contributed by atoms with van der Waals surface area (Å²) in [6.45, 7) is 5.44. The minimum atomic E-state index is 0.450. The van der Waals surface area contributed by atoms with E-state index in [9.17, 15) is 0 Å². The fourth-order valence-electron chi connectivity index (χ4n) is 2.18. The molecule has 2 heteroatoms. The fraction of sp³-hybridized carbons (Fsp3) is 0.333. The van der Waals surface area contributed by atoms with E-state index in [4.69, 9.17) is 0 Å². The molecular weight excluding hydrogens is 262 g/mol. The minimum absolute atomic E-state index is 0.450. The lowest BCUT2D eigenvalue weighted by molar-refractivity contribution is 0.777. The highest BCUT2D eigenvalue weighted by atomic mass is 32.2. The molecule has 1 unspecified atom stereocenters. The molecule has 1 atom stereocenters. The summed E-state index contributed by atoms with van der Waals surface area (Å²) >= 11 is 1.92. The maximum atomic E-state index is 3.30. The molecule has 1 nitrogen and oxygen atoms in total. The van der Waals surface area contributed by atoms with Gasteiger partial charge in [-0.3, -0.25) is 0 Å². The van der Waals surface area contributed by atoms with Crippen LogP contribution in [0.15, 0.2) is 59.5 Å². The van der Waals surface area contributed by atoms with E-state index < -0.39 is 0 Å². The van der Waals surface area contributed by atoms with E-state index >= 15 is 0 Å². The summed E-state index contributed by atoms with van der Waals surface area (Å²) in [6, 6.07) is 19.7. The number of rotatable bonds is 6. The summed E-state index contributed by atoms with van der Waals surface area (Å²) in [5, 5.41) is 3.75. The highest BCUT2D eigenvalue weighted by Crippen LogP contribution is 2.35. The van der Waals surface area contributed by atoms with Crippen molar-refractivity contribution in [1.82, 2.24) is 5.32 Å². The molecule has 0 aliphatic carbocycles. The van der Waals surface area contributed by atoms with Crippen molar-refractivity contribution in [2.75, 3.05) is 13.6 Å². The van der Waals surface area contributed by atoms with Crippen LogP contribution in [0, 0.1) is 0 Å². The third-order valence-electron chi connectivity index (χ3n) is 3.39. The van der Waals surface area contributed by atoms with Crippen molar-refractivity contribution in [2.45, 2.75) is 29.9 Å². The first-order chi connectivity index (χ1) is 9.70. The number of likely N-dealkylation sites (N-methyl/N-ethyl adjacent to an activating group) is 1. The Bertz CT molecular complexity index is 505. The second-order valence-electron chi connectivity index (χ2n) is 5.30. The van der Waals surface area contributed by atoms with E-state index in [-0.39, 0.29) is 0 Å². The minimum Gasteiger partial charge on any atom is -0.318 e. The van der Waals surface area contributed by atoms with Gasteiger partial charge in [0.25, 0.3) is 0 Å². The quantitative estimate of drug-likeness (QED) is 0.760. The largest absolute Gasteiger partial charge is 0.318 e. The molecule has 0 aliphatic rings. The first-order valence-electron chi connectivity index (χ1n) is 7.17. The predicted octanol–water partition coefficient (Wildman–Crippen LogP) is 4.86. The van der Waals surface area contributed by atoms with Crippen LogP contribution in [0.4, 0.5) is 0 Å². The Labute approximate surface area is 126 Å². The van der Waals surface area contributed by atoms with Gasteiger partial charge in [-0.15, -0.1) is 11.8 Å². The highest BCUT2D eigenvalue weighted by molar-refractivity contribution is 7.99. The Morgan fingerprint density at radius 3 is 2.10 bits per heavy atom. The Morgan fingerprint density at radius 1 is 0.900 bits per heavy atom. The summed E-state index contributed by atoms with van der Waals surface area (Å²) in [4.78, 5) is 1.33. The molecule has 106 valence electrons. The molecule has 2 rings (SSSR count). The van der Waals surface area contributed by atoms with Gasteiger partial charge in [-0.05, 0) is 36.2 Å². The predicted molar refractivity (Wildman–Crippen MR) is 89.5 cm³/mol. The lowest BCUT2D eigenvalue weighted by atomic mass is 10.0. The van der Waals surface area contributed by atoms with E-state index in [0.717, 1.165) is 6.54 Å². The van der Waals surface area contributed by atoms with Crippen molar-refractivity contribution < 1.29 is 0 Å². The van der Waals surface area contributed by atoms with Crippen molar-refractivity contribution in [1.29, 1.82) is 0 Å². The van der Waals surface area contributed by atoms with E-state index in [0.29, 0.717) is 11.2 Å². The van der Waals surface area contributed by atoms with Crippen LogP contribution in [0.2, 0.25) is 0 Å². The number of benzene rings is 2. The molecule has 0 saturated carbocycles. The van der Waals surface area contributed by atoms with Crippen LogP contribution in [0.1, 0.15) is 36.1 Å². The Kier molecular flexibility index (Phi) is 5.69. The first-order valence-corrected chi connectivity index (χ1v) is 8.05. The van der Waals surface area contributed by atoms with Gasteiger partial charge in [0.1, 0.15) is 0 Å². The Morgan fingerprint density at radius 2 is 1.55 bits per heavy atom. The smallest absolute Gasteiger partial charge is 0.0468 e. The molecule has 20 heavy (non-hydrogen) atoms. The van der Waals surface area contributed by atoms with Gasteiger partial charge >= 0.3 is 0 Å². The molecule has 2 aromatic rings. The van der Waals surface area contributed by atoms with Crippen LogP contribution in [0.25, 0.3) is 0 Å². The van der Waals surface area contributed by atoms with Gasteiger partial charge in [0.05, 0.1) is 0 Å². The molecular formula is C18H23NS. The average Bonchev–Trinajstić information content (AvgIpc) is 2.48. The second-order valence-corrected chi connectivity index (χ2v) is 6.57. The van der Waals surface area contributed by atoms with Gasteiger partial charge in [-0.25, -0.2) is 0 Å². The Balaban J connectivity index is 2.12. The first kappa shape index (κ1) is 15.1. The third-order valence-corrected chi connectivity index (χ3v) is 4.65. The van der Waals surface area contributed by atoms with Gasteiger partial charge in [0, 0.05) is 16.7 Å².